The second kappa shape index (κ2) is 3.70. The Balaban J connectivity index is 1.97. The van der Waals surface area contributed by atoms with Crippen LogP contribution >= 0.6 is 0 Å². The fraction of sp³-hybridized carbons (Fsp3) is 0.417. The van der Waals surface area contributed by atoms with Crippen LogP contribution in [0, 0.1) is 5.82 Å². The first-order chi connectivity index (χ1) is 8.19. The Morgan fingerprint density at radius 3 is 2.94 bits per heavy atom. The largest absolute Gasteiger partial charge is 0.361 e. The maximum absolute atomic E-state index is 13.1. The Hall–Kier alpha value is -1.62. The van der Waals surface area contributed by atoms with Crippen LogP contribution in [0.25, 0.3) is 0 Å². The minimum absolute atomic E-state index is 0.207. The predicted molar refractivity (Wildman–Crippen MR) is 62.3 cm³/mol. The second-order valence-corrected chi connectivity index (χ2v) is 4.63. The van der Waals surface area contributed by atoms with Crippen LogP contribution in [0.1, 0.15) is 23.2 Å². The summed E-state index contributed by atoms with van der Waals surface area (Å²) in [5.41, 5.74) is 0.667. The number of carbonyl (C=O) groups excluding carboxylic acids is 1. The zero-order valence-corrected chi connectivity index (χ0v) is 9.35. The lowest BCUT2D eigenvalue weighted by atomic mass is 9.95. The number of carbonyl (C=O) groups is 1. The van der Waals surface area contributed by atoms with Gasteiger partial charge in [0.2, 0.25) is 0 Å². The van der Waals surface area contributed by atoms with E-state index in [2.05, 4.69) is 16.0 Å². The average molecular weight is 235 g/mol. The molecule has 2 aliphatic rings. The molecule has 0 unspecified atom stereocenters. The first-order valence-corrected chi connectivity index (χ1v) is 5.80. The van der Waals surface area contributed by atoms with Crippen LogP contribution < -0.4 is 16.0 Å². The zero-order valence-electron chi connectivity index (χ0n) is 9.35. The molecule has 0 aliphatic carbocycles. The van der Waals surface area contributed by atoms with E-state index in [1.807, 2.05) is 0 Å². The molecule has 2 aliphatic heterocycles. The van der Waals surface area contributed by atoms with Crippen molar-refractivity contribution in [1.29, 1.82) is 0 Å². The van der Waals surface area contributed by atoms with E-state index in [0.717, 1.165) is 19.4 Å². The minimum Gasteiger partial charge on any atom is -0.361 e. The number of fused-ring (bicyclic) bond motifs is 1. The van der Waals surface area contributed by atoms with Gasteiger partial charge in [-0.2, -0.15) is 0 Å². The number of benzene rings is 1. The molecule has 1 atom stereocenters. The van der Waals surface area contributed by atoms with Crippen LogP contribution in [0.15, 0.2) is 18.2 Å². The van der Waals surface area contributed by atoms with Gasteiger partial charge in [-0.15, -0.1) is 0 Å². The summed E-state index contributed by atoms with van der Waals surface area (Å²) in [6, 6.07) is 4.26. The van der Waals surface area contributed by atoms with E-state index in [1.165, 1.54) is 12.1 Å². The number of halogens is 1. The molecule has 4 nitrogen and oxygen atoms in total. The molecule has 2 heterocycles. The summed E-state index contributed by atoms with van der Waals surface area (Å²) in [6.07, 6.45) is 1.88. The third-order valence-corrected chi connectivity index (χ3v) is 3.34. The maximum atomic E-state index is 13.1. The van der Waals surface area contributed by atoms with Crippen molar-refractivity contribution in [2.45, 2.75) is 18.5 Å². The Bertz CT molecular complexity index is 469. The second-order valence-electron chi connectivity index (χ2n) is 4.63. The van der Waals surface area contributed by atoms with Gasteiger partial charge in [0.25, 0.3) is 5.91 Å². The molecule has 1 spiro atoms. The van der Waals surface area contributed by atoms with Gasteiger partial charge in [0.1, 0.15) is 11.5 Å². The van der Waals surface area contributed by atoms with Crippen molar-refractivity contribution in [2.75, 3.05) is 18.4 Å². The first-order valence-electron chi connectivity index (χ1n) is 5.80. The third-order valence-electron chi connectivity index (χ3n) is 3.34. The van der Waals surface area contributed by atoms with Gasteiger partial charge < -0.3 is 16.0 Å². The molecule has 3 N–H and O–H groups in total. The summed E-state index contributed by atoms with van der Waals surface area (Å²) in [4.78, 5) is 12.0. The van der Waals surface area contributed by atoms with E-state index in [0.29, 0.717) is 17.8 Å². The van der Waals surface area contributed by atoms with Crippen LogP contribution in [0.2, 0.25) is 0 Å². The fourth-order valence-electron chi connectivity index (χ4n) is 2.51. The van der Waals surface area contributed by atoms with Gasteiger partial charge in [-0.25, -0.2) is 4.39 Å². The average Bonchev–Trinajstić information content (AvgIpc) is 2.31. The number of anilines is 1. The summed E-state index contributed by atoms with van der Waals surface area (Å²) >= 11 is 0. The van der Waals surface area contributed by atoms with Crippen molar-refractivity contribution < 1.29 is 9.18 Å². The molecule has 0 saturated carbocycles. The Morgan fingerprint density at radius 1 is 1.29 bits per heavy atom. The van der Waals surface area contributed by atoms with Crippen molar-refractivity contribution in [3.05, 3.63) is 29.6 Å². The number of hydrogen-bond donors (Lipinski definition) is 3. The molecule has 0 radical (unpaired) electrons. The summed E-state index contributed by atoms with van der Waals surface area (Å²) in [5.74, 6) is -0.597. The van der Waals surface area contributed by atoms with Gasteiger partial charge in [-0.05, 0) is 37.6 Å². The van der Waals surface area contributed by atoms with Crippen LogP contribution in [0.5, 0.6) is 0 Å². The maximum Gasteiger partial charge on any atom is 0.255 e. The van der Waals surface area contributed by atoms with Crippen molar-refractivity contribution in [2.24, 2.45) is 0 Å². The standard InChI is InChI=1S/C12H14FN3O/c13-8-2-3-10-9(6-8)11(17)16-12(15-10)4-1-5-14-7-12/h2-3,6,14-15H,1,4-5,7H2,(H,16,17)/t12-/m1/s1. The molecule has 3 rings (SSSR count). The highest BCUT2D eigenvalue weighted by Gasteiger charge is 2.38. The Kier molecular flexibility index (Phi) is 2.29. The van der Waals surface area contributed by atoms with E-state index >= 15 is 0 Å². The predicted octanol–water partition coefficient (Wildman–Crippen LogP) is 1.06. The number of amides is 1. The highest BCUT2D eigenvalue weighted by atomic mass is 19.1. The van der Waals surface area contributed by atoms with Crippen LogP contribution in [0.3, 0.4) is 0 Å². The third kappa shape index (κ3) is 1.76. The van der Waals surface area contributed by atoms with Crippen molar-refractivity contribution in [3.63, 3.8) is 0 Å². The highest BCUT2D eigenvalue weighted by Crippen LogP contribution is 2.28. The van der Waals surface area contributed by atoms with Crippen molar-refractivity contribution in [3.8, 4) is 0 Å². The topological polar surface area (TPSA) is 53.2 Å². The van der Waals surface area contributed by atoms with E-state index in [-0.39, 0.29) is 5.91 Å². The van der Waals surface area contributed by atoms with Crippen molar-refractivity contribution in [1.82, 2.24) is 10.6 Å². The molecular formula is C12H14FN3O. The molecule has 1 fully saturated rings. The smallest absolute Gasteiger partial charge is 0.255 e. The van der Waals surface area contributed by atoms with E-state index in [9.17, 15) is 9.18 Å². The molecule has 5 heteroatoms. The molecule has 1 aromatic carbocycles. The molecule has 0 bridgehead atoms. The number of rotatable bonds is 0. The molecule has 1 aromatic rings. The zero-order chi connectivity index (χ0) is 11.9. The number of piperidine rings is 1. The lowest BCUT2D eigenvalue weighted by molar-refractivity contribution is 0.0884. The van der Waals surface area contributed by atoms with E-state index < -0.39 is 11.5 Å². The summed E-state index contributed by atoms with van der Waals surface area (Å²) in [7, 11) is 0. The van der Waals surface area contributed by atoms with E-state index in [4.69, 9.17) is 0 Å². The van der Waals surface area contributed by atoms with Gasteiger partial charge in [0.15, 0.2) is 0 Å². The number of nitrogens with one attached hydrogen (secondary N) is 3. The summed E-state index contributed by atoms with van der Waals surface area (Å²) in [5, 5.41) is 9.50. The van der Waals surface area contributed by atoms with Crippen LogP contribution in [-0.4, -0.2) is 24.7 Å². The normalized spacial score (nSPS) is 27.2. The van der Waals surface area contributed by atoms with Gasteiger partial charge in [-0.3, -0.25) is 4.79 Å². The van der Waals surface area contributed by atoms with Gasteiger partial charge in [-0.1, -0.05) is 0 Å². The van der Waals surface area contributed by atoms with E-state index in [1.54, 1.807) is 6.07 Å². The lowest BCUT2D eigenvalue weighted by Crippen LogP contribution is -2.64. The van der Waals surface area contributed by atoms with Gasteiger partial charge in [0.05, 0.1) is 5.56 Å². The molecule has 1 saturated heterocycles. The Labute approximate surface area is 98.6 Å². The van der Waals surface area contributed by atoms with Gasteiger partial charge in [0, 0.05) is 12.2 Å². The van der Waals surface area contributed by atoms with Crippen LogP contribution in [-0.2, 0) is 0 Å². The molecule has 90 valence electrons. The van der Waals surface area contributed by atoms with Crippen molar-refractivity contribution >= 4 is 11.6 Å². The summed E-state index contributed by atoms with van der Waals surface area (Å²) in [6.45, 7) is 1.66. The van der Waals surface area contributed by atoms with Crippen LogP contribution in [0.4, 0.5) is 10.1 Å². The molecule has 0 aromatic heterocycles. The quantitative estimate of drug-likeness (QED) is 0.630. The SMILES string of the molecule is O=C1N[C@@]2(CCCNC2)Nc2ccc(F)cc21. The van der Waals surface area contributed by atoms with Gasteiger partial charge >= 0.3 is 0 Å². The lowest BCUT2D eigenvalue weighted by Gasteiger charge is -2.43. The number of hydrogen-bond acceptors (Lipinski definition) is 3. The monoisotopic (exact) mass is 235 g/mol. The minimum atomic E-state index is -0.417. The Morgan fingerprint density at radius 2 is 2.18 bits per heavy atom. The molecule has 1 amide bonds. The fourth-order valence-corrected chi connectivity index (χ4v) is 2.51. The summed E-state index contributed by atoms with van der Waals surface area (Å²) < 4.78 is 13.1. The molecule has 17 heavy (non-hydrogen) atoms. The molecular weight excluding hydrogens is 221 g/mol. The highest BCUT2D eigenvalue weighted by molar-refractivity contribution is 6.02. The first kappa shape index (κ1) is 10.5.